The predicted molar refractivity (Wildman–Crippen MR) is 85.7 cm³/mol. The fraction of sp³-hybridized carbons (Fsp3) is 0.375. The summed E-state index contributed by atoms with van der Waals surface area (Å²) in [6.45, 7) is 2.89. The molecule has 4 nitrogen and oxygen atoms in total. The van der Waals surface area contributed by atoms with Crippen LogP contribution >= 0.6 is 11.3 Å². The van der Waals surface area contributed by atoms with Crippen LogP contribution in [0, 0.1) is 0 Å². The summed E-state index contributed by atoms with van der Waals surface area (Å²) in [6.07, 6.45) is -4.20. The number of halogens is 3. The number of rotatable bonds is 3. The highest BCUT2D eigenvalue weighted by molar-refractivity contribution is 7.13. The number of piperazine rings is 1. The van der Waals surface area contributed by atoms with Crippen molar-refractivity contribution in [2.75, 3.05) is 26.2 Å². The highest BCUT2D eigenvalue weighted by atomic mass is 32.1. The number of alkyl halides is 3. The number of carbonyl (C=O) groups excluding carboxylic acids is 1. The van der Waals surface area contributed by atoms with E-state index in [4.69, 9.17) is 0 Å². The molecular weight excluding hydrogens is 339 g/mol. The molecule has 0 spiro atoms. The van der Waals surface area contributed by atoms with E-state index in [1.54, 1.807) is 16.3 Å². The maximum atomic E-state index is 12.8. The summed E-state index contributed by atoms with van der Waals surface area (Å²) < 4.78 is 38.4. The average Bonchev–Trinajstić information content (AvgIpc) is 3.03. The van der Waals surface area contributed by atoms with Crippen molar-refractivity contribution in [1.29, 1.82) is 0 Å². The van der Waals surface area contributed by atoms with Crippen molar-refractivity contribution in [2.45, 2.75) is 12.6 Å². The smallest absolute Gasteiger partial charge is 0.340 e. The Kier molecular flexibility index (Phi) is 4.86. The lowest BCUT2D eigenvalue weighted by molar-refractivity contribution is -0.137. The summed E-state index contributed by atoms with van der Waals surface area (Å²) in [4.78, 5) is 18.3. The molecule has 2 aromatic rings. The highest BCUT2D eigenvalue weighted by Gasteiger charge is 2.30. The van der Waals surface area contributed by atoms with Crippen LogP contribution in [-0.2, 0) is 17.4 Å². The molecule has 1 aromatic carbocycles. The lowest BCUT2D eigenvalue weighted by atomic mass is 10.1. The van der Waals surface area contributed by atoms with Gasteiger partial charge in [-0.15, -0.1) is 11.3 Å². The monoisotopic (exact) mass is 355 g/mol. The number of benzene rings is 1. The molecule has 0 atom stereocenters. The van der Waals surface area contributed by atoms with Gasteiger partial charge < -0.3 is 10.2 Å². The van der Waals surface area contributed by atoms with Gasteiger partial charge in [0.05, 0.1) is 17.7 Å². The number of aromatic nitrogens is 1. The van der Waals surface area contributed by atoms with E-state index < -0.39 is 11.7 Å². The number of thiazole rings is 1. The Hall–Kier alpha value is -1.93. The van der Waals surface area contributed by atoms with Gasteiger partial charge in [0.15, 0.2) is 0 Å². The van der Waals surface area contributed by atoms with E-state index in [1.165, 1.54) is 17.4 Å². The molecule has 24 heavy (non-hydrogen) atoms. The zero-order valence-electron chi connectivity index (χ0n) is 12.8. The van der Waals surface area contributed by atoms with Crippen molar-refractivity contribution in [1.82, 2.24) is 15.2 Å². The Balaban J connectivity index is 1.72. The molecule has 1 aromatic heterocycles. The van der Waals surface area contributed by atoms with Gasteiger partial charge in [0, 0.05) is 37.1 Å². The lowest BCUT2D eigenvalue weighted by Crippen LogP contribution is -2.46. The zero-order chi connectivity index (χ0) is 17.2. The molecule has 1 saturated heterocycles. The van der Waals surface area contributed by atoms with E-state index in [9.17, 15) is 18.0 Å². The Labute approximate surface area is 141 Å². The van der Waals surface area contributed by atoms with E-state index in [0.29, 0.717) is 29.4 Å². The third-order valence-electron chi connectivity index (χ3n) is 3.79. The van der Waals surface area contributed by atoms with E-state index in [-0.39, 0.29) is 12.3 Å². The fourth-order valence-electron chi connectivity index (χ4n) is 2.53. The largest absolute Gasteiger partial charge is 0.416 e. The number of carbonyl (C=O) groups is 1. The molecule has 3 rings (SSSR count). The summed E-state index contributed by atoms with van der Waals surface area (Å²) in [6, 6.07) is 5.08. The van der Waals surface area contributed by atoms with Crippen molar-refractivity contribution in [2.24, 2.45) is 0 Å². The van der Waals surface area contributed by atoms with Crippen LogP contribution in [0.25, 0.3) is 10.6 Å². The van der Waals surface area contributed by atoms with E-state index in [0.717, 1.165) is 25.2 Å². The average molecular weight is 355 g/mol. The quantitative estimate of drug-likeness (QED) is 0.921. The number of amides is 1. The molecular formula is C16H16F3N3OS. The van der Waals surface area contributed by atoms with Crippen molar-refractivity contribution in [3.63, 3.8) is 0 Å². The van der Waals surface area contributed by atoms with Crippen LogP contribution in [0.4, 0.5) is 13.2 Å². The first-order valence-corrected chi connectivity index (χ1v) is 8.42. The van der Waals surface area contributed by atoms with Crippen LogP contribution in [0.1, 0.15) is 11.3 Å². The zero-order valence-corrected chi connectivity index (χ0v) is 13.6. The lowest BCUT2D eigenvalue weighted by Gasteiger charge is -2.27. The maximum absolute atomic E-state index is 12.8. The van der Waals surface area contributed by atoms with Gasteiger partial charge >= 0.3 is 6.18 Å². The van der Waals surface area contributed by atoms with Gasteiger partial charge in [-0.05, 0) is 12.1 Å². The van der Waals surface area contributed by atoms with E-state index in [2.05, 4.69) is 10.3 Å². The number of nitrogens with one attached hydrogen (secondary N) is 1. The van der Waals surface area contributed by atoms with Crippen LogP contribution < -0.4 is 5.32 Å². The van der Waals surface area contributed by atoms with Gasteiger partial charge in [-0.3, -0.25) is 4.79 Å². The molecule has 1 N–H and O–H groups in total. The standard InChI is InChI=1S/C16H16F3N3OS/c17-16(18,19)12-3-1-2-11(8-12)15-21-13(10-24-15)9-14(23)22-6-4-20-5-7-22/h1-3,8,10,20H,4-7,9H2. The molecule has 1 fully saturated rings. The summed E-state index contributed by atoms with van der Waals surface area (Å²) in [7, 11) is 0. The second kappa shape index (κ2) is 6.90. The number of nitrogens with zero attached hydrogens (tertiary/aromatic N) is 2. The van der Waals surface area contributed by atoms with Gasteiger partial charge in [0.1, 0.15) is 5.01 Å². The molecule has 2 heterocycles. The minimum absolute atomic E-state index is 0.00241. The van der Waals surface area contributed by atoms with E-state index in [1.807, 2.05) is 0 Å². The SMILES string of the molecule is O=C(Cc1csc(-c2cccc(C(F)(F)F)c2)n1)N1CCNCC1. The minimum Gasteiger partial charge on any atom is -0.340 e. The molecule has 0 unspecified atom stereocenters. The first kappa shape index (κ1) is 16.9. The summed E-state index contributed by atoms with van der Waals surface area (Å²) in [5.41, 5.74) is 0.306. The summed E-state index contributed by atoms with van der Waals surface area (Å²) in [5, 5.41) is 5.40. The third-order valence-corrected chi connectivity index (χ3v) is 4.73. The second-order valence-electron chi connectivity index (χ2n) is 5.53. The first-order chi connectivity index (χ1) is 11.4. The van der Waals surface area contributed by atoms with Crippen LogP contribution in [0.3, 0.4) is 0 Å². The molecule has 1 aliphatic rings. The number of hydrogen-bond donors (Lipinski definition) is 1. The van der Waals surface area contributed by atoms with Gasteiger partial charge in [0.2, 0.25) is 5.91 Å². The van der Waals surface area contributed by atoms with Crippen molar-refractivity contribution >= 4 is 17.2 Å². The summed E-state index contributed by atoms with van der Waals surface area (Å²) >= 11 is 1.25. The number of hydrogen-bond acceptors (Lipinski definition) is 4. The minimum atomic E-state index is -4.38. The Bertz CT molecular complexity index is 723. The van der Waals surface area contributed by atoms with Crippen LogP contribution in [0.2, 0.25) is 0 Å². The fourth-order valence-corrected chi connectivity index (χ4v) is 3.35. The Morgan fingerprint density at radius 3 is 2.75 bits per heavy atom. The van der Waals surface area contributed by atoms with Gasteiger partial charge in [-0.25, -0.2) is 4.98 Å². The maximum Gasteiger partial charge on any atom is 0.416 e. The molecule has 0 saturated carbocycles. The normalized spacial score (nSPS) is 15.5. The van der Waals surface area contributed by atoms with Crippen LogP contribution in [0.15, 0.2) is 29.6 Å². The molecule has 128 valence electrons. The molecule has 1 amide bonds. The third kappa shape index (κ3) is 3.93. The molecule has 8 heteroatoms. The predicted octanol–water partition coefficient (Wildman–Crippen LogP) is 2.80. The molecule has 1 aliphatic heterocycles. The van der Waals surface area contributed by atoms with Gasteiger partial charge in [-0.2, -0.15) is 13.2 Å². The highest BCUT2D eigenvalue weighted by Crippen LogP contribution is 2.33. The Morgan fingerprint density at radius 1 is 1.29 bits per heavy atom. The molecule has 0 radical (unpaired) electrons. The van der Waals surface area contributed by atoms with Gasteiger partial charge in [0.25, 0.3) is 0 Å². The topological polar surface area (TPSA) is 45.2 Å². The molecule has 0 bridgehead atoms. The second-order valence-corrected chi connectivity index (χ2v) is 6.39. The van der Waals surface area contributed by atoms with Crippen LogP contribution in [-0.4, -0.2) is 42.0 Å². The van der Waals surface area contributed by atoms with Crippen LogP contribution in [0.5, 0.6) is 0 Å². The van der Waals surface area contributed by atoms with Crippen molar-refractivity contribution in [3.8, 4) is 10.6 Å². The van der Waals surface area contributed by atoms with Crippen molar-refractivity contribution in [3.05, 3.63) is 40.9 Å². The van der Waals surface area contributed by atoms with E-state index >= 15 is 0 Å². The first-order valence-electron chi connectivity index (χ1n) is 7.54. The van der Waals surface area contributed by atoms with Crippen molar-refractivity contribution < 1.29 is 18.0 Å². The molecule has 0 aliphatic carbocycles. The Morgan fingerprint density at radius 2 is 2.04 bits per heavy atom. The summed E-state index contributed by atoms with van der Waals surface area (Å²) in [5.74, 6) is -0.00241. The van der Waals surface area contributed by atoms with Gasteiger partial charge in [-0.1, -0.05) is 12.1 Å².